The van der Waals surface area contributed by atoms with E-state index in [4.69, 9.17) is 9.47 Å². The molecule has 4 heterocycles. The van der Waals surface area contributed by atoms with Gasteiger partial charge in [-0.2, -0.15) is 10.2 Å². The van der Waals surface area contributed by atoms with Crippen molar-refractivity contribution in [2.24, 2.45) is 5.92 Å². The Morgan fingerprint density at radius 2 is 1.61 bits per heavy atom. The van der Waals surface area contributed by atoms with Gasteiger partial charge in [0.2, 0.25) is 0 Å². The minimum atomic E-state index is -1.02. The summed E-state index contributed by atoms with van der Waals surface area (Å²) in [6.45, 7) is 7.97. The summed E-state index contributed by atoms with van der Waals surface area (Å²) < 4.78 is 45.6. The van der Waals surface area contributed by atoms with Crippen LogP contribution in [0.2, 0.25) is 0 Å². The molecule has 0 aliphatic carbocycles. The van der Waals surface area contributed by atoms with Crippen molar-refractivity contribution in [2.45, 2.75) is 51.0 Å². The zero-order valence-corrected chi connectivity index (χ0v) is 28.7. The van der Waals surface area contributed by atoms with Gasteiger partial charge in [0.1, 0.15) is 42.0 Å². The number of aliphatic hydroxyl groups excluding tert-OH is 1. The second-order valence-electron chi connectivity index (χ2n) is 13.3. The van der Waals surface area contributed by atoms with E-state index in [1.165, 1.54) is 34.0 Å². The van der Waals surface area contributed by atoms with E-state index in [0.717, 1.165) is 55.1 Å². The second kappa shape index (κ2) is 14.6. The highest BCUT2D eigenvalue weighted by Gasteiger charge is 2.44. The third-order valence-corrected chi connectivity index (χ3v) is 9.96. The van der Waals surface area contributed by atoms with Gasteiger partial charge < -0.3 is 24.4 Å². The lowest BCUT2D eigenvalue weighted by molar-refractivity contribution is -0.0206. The quantitative estimate of drug-likeness (QED) is 0.200. The number of aliphatic hydroxyl groups is 1. The number of halogens is 2. The van der Waals surface area contributed by atoms with Crippen LogP contribution in [0.15, 0.2) is 90.5 Å². The van der Waals surface area contributed by atoms with Gasteiger partial charge in [-0.25, -0.2) is 32.5 Å². The number of piperazine rings is 1. The predicted molar refractivity (Wildman–Crippen MR) is 187 cm³/mol. The van der Waals surface area contributed by atoms with Crippen LogP contribution in [0.3, 0.4) is 0 Å². The number of anilines is 2. The van der Waals surface area contributed by atoms with Crippen LogP contribution in [0.4, 0.5) is 20.2 Å². The molecule has 51 heavy (non-hydrogen) atoms. The first-order valence-electron chi connectivity index (χ1n) is 17.3. The molecular weight excluding hydrogens is 658 g/mol. The molecule has 0 saturated carbocycles. The highest BCUT2D eigenvalue weighted by Crippen LogP contribution is 2.42. The Hall–Kier alpha value is -5.08. The average Bonchev–Trinajstić information content (AvgIpc) is 3.90. The van der Waals surface area contributed by atoms with E-state index in [9.17, 15) is 18.7 Å². The van der Waals surface area contributed by atoms with E-state index < -0.39 is 23.3 Å². The maximum atomic E-state index is 15.0. The van der Waals surface area contributed by atoms with E-state index >= 15 is 0 Å². The first-order chi connectivity index (χ1) is 24.7. The average molecular weight is 701 g/mol. The van der Waals surface area contributed by atoms with E-state index in [-0.39, 0.29) is 24.2 Å². The minimum Gasteiger partial charge on any atom is -0.493 e. The maximum Gasteiger partial charge on any atom is 0.350 e. The summed E-state index contributed by atoms with van der Waals surface area (Å²) in [4.78, 5) is 21.7. The Labute approximate surface area is 294 Å². The molecule has 1 N–H and O–H groups in total. The fourth-order valence-electron chi connectivity index (χ4n) is 7.24. The molecule has 0 radical (unpaired) electrons. The van der Waals surface area contributed by atoms with Crippen LogP contribution < -0.4 is 20.2 Å². The van der Waals surface area contributed by atoms with Crippen LogP contribution in [0.1, 0.15) is 38.3 Å². The Balaban J connectivity index is 0.923. The molecule has 4 atom stereocenters. The van der Waals surface area contributed by atoms with Gasteiger partial charge in [-0.05, 0) is 74.4 Å². The summed E-state index contributed by atoms with van der Waals surface area (Å²) in [5, 5.41) is 18.5. The van der Waals surface area contributed by atoms with Crippen LogP contribution >= 0.6 is 0 Å². The Kier molecular flexibility index (Phi) is 9.87. The minimum absolute atomic E-state index is 0.0121. The van der Waals surface area contributed by atoms with E-state index in [0.29, 0.717) is 31.6 Å². The molecule has 2 fully saturated rings. The van der Waals surface area contributed by atoms with Crippen molar-refractivity contribution >= 4 is 11.4 Å². The van der Waals surface area contributed by atoms with Gasteiger partial charge in [0.05, 0.1) is 37.6 Å². The molecule has 0 amide bonds. The number of hydrogen-bond donors (Lipinski definition) is 1. The topological polar surface area (TPSA) is 116 Å². The van der Waals surface area contributed by atoms with Crippen LogP contribution in [0.5, 0.6) is 5.75 Å². The van der Waals surface area contributed by atoms with Gasteiger partial charge in [0, 0.05) is 55.1 Å². The number of rotatable bonds is 12. The largest absolute Gasteiger partial charge is 0.493 e. The van der Waals surface area contributed by atoms with Gasteiger partial charge in [-0.15, -0.1) is 0 Å². The van der Waals surface area contributed by atoms with Crippen molar-refractivity contribution in [2.75, 3.05) is 49.2 Å². The summed E-state index contributed by atoms with van der Waals surface area (Å²) in [7, 11) is 0. The molecule has 2 aliphatic rings. The van der Waals surface area contributed by atoms with Crippen molar-refractivity contribution < 1.29 is 23.4 Å². The van der Waals surface area contributed by atoms with Crippen LogP contribution in [-0.2, 0) is 16.9 Å². The van der Waals surface area contributed by atoms with Crippen molar-refractivity contribution in [3.63, 3.8) is 0 Å². The van der Waals surface area contributed by atoms with Gasteiger partial charge in [0.25, 0.3) is 0 Å². The molecule has 14 heteroatoms. The number of ether oxygens (including phenoxy) is 2. The number of aromatic nitrogens is 6. The molecule has 12 nitrogen and oxygen atoms in total. The normalized spacial score (nSPS) is 20.5. The van der Waals surface area contributed by atoms with Crippen molar-refractivity contribution in [3.8, 4) is 11.4 Å². The fraction of sp³-hybridized carbons (Fsp3) is 0.405. The van der Waals surface area contributed by atoms with Gasteiger partial charge in [0.15, 0.2) is 0 Å². The summed E-state index contributed by atoms with van der Waals surface area (Å²) in [6.07, 6.45) is 4.88. The lowest BCUT2D eigenvalue weighted by Gasteiger charge is -2.37. The second-order valence-corrected chi connectivity index (χ2v) is 13.3. The van der Waals surface area contributed by atoms with Gasteiger partial charge in [-0.1, -0.05) is 13.0 Å². The monoisotopic (exact) mass is 700 g/mol. The fourth-order valence-corrected chi connectivity index (χ4v) is 7.24. The molecule has 5 aromatic rings. The third-order valence-electron chi connectivity index (χ3n) is 9.96. The Morgan fingerprint density at radius 1 is 0.941 bits per heavy atom. The predicted octanol–water partition coefficient (Wildman–Crippen LogP) is 4.57. The van der Waals surface area contributed by atoms with Crippen LogP contribution in [0, 0.1) is 17.6 Å². The summed E-state index contributed by atoms with van der Waals surface area (Å²) in [5.41, 5.74) is 1.93. The molecular formula is C37H42F2N8O4. The summed E-state index contributed by atoms with van der Waals surface area (Å²) in [6, 6.07) is 19.2. The highest BCUT2D eigenvalue weighted by atomic mass is 19.1. The molecule has 2 saturated heterocycles. The van der Waals surface area contributed by atoms with Crippen LogP contribution in [-0.4, -0.2) is 79.7 Å². The Bertz CT molecular complexity index is 1960. The molecule has 0 bridgehead atoms. The van der Waals surface area contributed by atoms with E-state index in [1.54, 1.807) is 17.9 Å². The van der Waals surface area contributed by atoms with Crippen molar-refractivity contribution in [3.05, 3.63) is 113 Å². The van der Waals surface area contributed by atoms with Crippen LogP contribution in [0.25, 0.3) is 5.69 Å². The molecule has 2 aromatic heterocycles. The number of benzene rings is 3. The molecule has 1 unspecified atom stereocenters. The maximum absolute atomic E-state index is 15.0. The van der Waals surface area contributed by atoms with Crippen molar-refractivity contribution in [1.82, 2.24) is 29.1 Å². The first kappa shape index (κ1) is 34.4. The first-order valence-corrected chi connectivity index (χ1v) is 17.3. The molecule has 7 rings (SSSR count). The zero-order chi connectivity index (χ0) is 35.5. The SMILES string of the molecule is CC[C@@H]([C@@H](C)O)n1ncn(-c2ccc(N3CCN(c4ccc(OCC5CO[C@@](Cn6cncn6)(c6ccc(F)cc6F)C5)cc4)CC3)cc2)c1=O. The highest BCUT2D eigenvalue weighted by molar-refractivity contribution is 5.54. The molecule has 0 spiro atoms. The molecule has 2 aliphatic heterocycles. The zero-order valence-electron chi connectivity index (χ0n) is 28.7. The van der Waals surface area contributed by atoms with Gasteiger partial charge >= 0.3 is 5.69 Å². The van der Waals surface area contributed by atoms with E-state index in [1.807, 2.05) is 43.3 Å². The summed E-state index contributed by atoms with van der Waals surface area (Å²) in [5.74, 6) is -0.563. The summed E-state index contributed by atoms with van der Waals surface area (Å²) >= 11 is 0. The number of hydrogen-bond acceptors (Lipinski definition) is 9. The van der Waals surface area contributed by atoms with E-state index in [2.05, 4.69) is 37.1 Å². The van der Waals surface area contributed by atoms with Crippen molar-refractivity contribution in [1.29, 1.82) is 0 Å². The molecule has 268 valence electrons. The lowest BCUT2D eigenvalue weighted by atomic mass is 9.87. The standard InChI is InChI=1S/C37H42F2N8O4/c1-3-35(26(2)48)47-36(49)46(25-42-47)31-7-5-29(6-8-31)43-14-16-44(17-15-43)30-9-11-32(12-10-30)50-20-27-19-37(51-21-27,22-45-24-40-23-41-45)33-13-4-28(38)18-34(33)39/h4-13,18,23-27,35,48H,3,14-17,19-22H2,1-2H3/t26-,27?,35+,37+/m1/s1. The lowest BCUT2D eigenvalue weighted by Crippen LogP contribution is -2.46. The van der Waals surface area contributed by atoms with Gasteiger partial charge in [-0.3, -0.25) is 0 Å². The smallest absolute Gasteiger partial charge is 0.350 e. The third kappa shape index (κ3) is 7.24. The Morgan fingerprint density at radius 3 is 2.22 bits per heavy atom. The number of nitrogens with zero attached hydrogens (tertiary/aromatic N) is 8. The molecule has 3 aromatic carbocycles.